The van der Waals surface area contributed by atoms with Gasteiger partial charge in [-0.1, -0.05) is 6.07 Å². The Kier molecular flexibility index (Phi) is 2.94. The third-order valence-corrected chi connectivity index (χ3v) is 4.45. The van der Waals surface area contributed by atoms with Crippen molar-refractivity contribution < 1.29 is 8.42 Å². The van der Waals surface area contributed by atoms with E-state index in [2.05, 4.69) is 9.97 Å². The second kappa shape index (κ2) is 4.56. The van der Waals surface area contributed by atoms with Gasteiger partial charge in [-0.3, -0.25) is 0 Å². The van der Waals surface area contributed by atoms with E-state index >= 15 is 0 Å². The van der Waals surface area contributed by atoms with E-state index in [9.17, 15) is 8.42 Å². The minimum absolute atomic E-state index is 0.227. The molecule has 3 rings (SSSR count). The van der Waals surface area contributed by atoms with Gasteiger partial charge in [0.25, 0.3) is 0 Å². The van der Waals surface area contributed by atoms with Crippen molar-refractivity contribution in [1.82, 2.24) is 14.5 Å². The maximum absolute atomic E-state index is 11.9. The molecular weight excluding hydrogens is 288 g/mol. The molecule has 0 fully saturated rings. The van der Waals surface area contributed by atoms with Crippen molar-refractivity contribution in [2.24, 2.45) is 7.05 Å². The Morgan fingerprint density at radius 3 is 2.57 bits per heavy atom. The summed E-state index contributed by atoms with van der Waals surface area (Å²) in [6.45, 7) is 0. The maximum Gasteiger partial charge on any atom is 0.177 e. The second-order valence-corrected chi connectivity index (χ2v) is 6.85. The van der Waals surface area contributed by atoms with E-state index in [0.29, 0.717) is 17.2 Å². The molecule has 0 unspecified atom stereocenters. The van der Waals surface area contributed by atoms with Gasteiger partial charge < -0.3 is 10.3 Å². The molecule has 0 aliphatic rings. The molecule has 0 atom stereocenters. The molecule has 21 heavy (non-hydrogen) atoms. The van der Waals surface area contributed by atoms with Crippen LogP contribution in [0.2, 0.25) is 0 Å². The van der Waals surface area contributed by atoms with Crippen LogP contribution in [-0.2, 0) is 16.9 Å². The predicted octanol–water partition coefficient (Wildman–Crippen LogP) is 1.62. The lowest BCUT2D eigenvalue weighted by Gasteiger charge is -2.02. The minimum Gasteiger partial charge on any atom is -0.384 e. The summed E-state index contributed by atoms with van der Waals surface area (Å²) in [4.78, 5) is 8.75. The molecule has 2 aromatic heterocycles. The second-order valence-electron chi connectivity index (χ2n) is 4.86. The highest BCUT2D eigenvalue weighted by Gasteiger charge is 2.18. The van der Waals surface area contributed by atoms with Crippen LogP contribution in [0.15, 0.2) is 41.4 Å². The van der Waals surface area contributed by atoms with Gasteiger partial charge in [-0.25, -0.2) is 18.4 Å². The van der Waals surface area contributed by atoms with Crippen molar-refractivity contribution in [3.8, 4) is 11.4 Å². The summed E-state index contributed by atoms with van der Waals surface area (Å²) in [6.07, 6.45) is 2.80. The molecule has 2 heterocycles. The van der Waals surface area contributed by atoms with Crippen molar-refractivity contribution in [3.05, 3.63) is 36.5 Å². The van der Waals surface area contributed by atoms with Gasteiger partial charge in [0.1, 0.15) is 17.2 Å². The molecule has 3 aromatic rings. The van der Waals surface area contributed by atoms with E-state index in [4.69, 9.17) is 5.73 Å². The number of aryl methyl sites for hydroxylation is 1. The monoisotopic (exact) mass is 302 g/mol. The first-order valence-electron chi connectivity index (χ1n) is 6.25. The van der Waals surface area contributed by atoms with Gasteiger partial charge in [0.2, 0.25) is 0 Å². The van der Waals surface area contributed by atoms with Crippen LogP contribution < -0.4 is 5.73 Å². The number of imidazole rings is 1. The number of benzene rings is 1. The fourth-order valence-corrected chi connectivity index (χ4v) is 3.11. The lowest BCUT2D eigenvalue weighted by molar-refractivity contribution is 0.602. The molecule has 0 saturated carbocycles. The van der Waals surface area contributed by atoms with Gasteiger partial charge in [-0.15, -0.1) is 0 Å². The Morgan fingerprint density at radius 2 is 1.95 bits per heavy atom. The highest BCUT2D eigenvalue weighted by molar-refractivity contribution is 7.91. The number of hydrogen-bond acceptors (Lipinski definition) is 5. The smallest absolute Gasteiger partial charge is 0.177 e. The van der Waals surface area contributed by atoms with Crippen LogP contribution in [0.25, 0.3) is 22.4 Å². The molecule has 0 amide bonds. The van der Waals surface area contributed by atoms with E-state index in [0.717, 1.165) is 11.1 Å². The van der Waals surface area contributed by atoms with Gasteiger partial charge in [-0.2, -0.15) is 0 Å². The van der Waals surface area contributed by atoms with Crippen LogP contribution in [0.4, 0.5) is 5.82 Å². The van der Waals surface area contributed by atoms with Crippen LogP contribution >= 0.6 is 0 Å². The number of rotatable bonds is 2. The number of aromatic nitrogens is 3. The predicted molar refractivity (Wildman–Crippen MR) is 81.5 cm³/mol. The fourth-order valence-electron chi connectivity index (χ4n) is 2.28. The first-order chi connectivity index (χ1) is 9.88. The fraction of sp³-hybridized carbons (Fsp3) is 0.143. The number of hydrogen-bond donors (Lipinski definition) is 1. The normalized spacial score (nSPS) is 11.9. The molecule has 1 aromatic carbocycles. The number of nitrogens with zero attached hydrogens (tertiary/aromatic N) is 3. The third kappa shape index (κ3) is 2.25. The molecule has 0 radical (unpaired) electrons. The van der Waals surface area contributed by atoms with Crippen molar-refractivity contribution in [3.63, 3.8) is 0 Å². The van der Waals surface area contributed by atoms with Crippen LogP contribution in [0, 0.1) is 0 Å². The zero-order chi connectivity index (χ0) is 15.2. The molecule has 2 N–H and O–H groups in total. The maximum atomic E-state index is 11.9. The summed E-state index contributed by atoms with van der Waals surface area (Å²) < 4.78 is 25.6. The van der Waals surface area contributed by atoms with Crippen LogP contribution in [0.5, 0.6) is 0 Å². The number of fused-ring (bicyclic) bond motifs is 1. The van der Waals surface area contributed by atoms with Crippen molar-refractivity contribution in [1.29, 1.82) is 0 Å². The Balaban J connectivity index is 2.32. The van der Waals surface area contributed by atoms with E-state index in [-0.39, 0.29) is 4.90 Å². The number of pyridine rings is 1. The van der Waals surface area contributed by atoms with Gasteiger partial charge in [0.05, 0.1) is 10.4 Å². The molecule has 6 nitrogen and oxygen atoms in total. The summed E-state index contributed by atoms with van der Waals surface area (Å²) in [5.41, 5.74) is 7.58. The topological polar surface area (TPSA) is 90.9 Å². The lowest BCUT2D eigenvalue weighted by atomic mass is 10.2. The molecule has 0 saturated heterocycles. The molecule has 108 valence electrons. The summed E-state index contributed by atoms with van der Waals surface area (Å²) in [7, 11) is -1.49. The number of nitrogen functional groups attached to an aromatic ring is 1. The van der Waals surface area contributed by atoms with Crippen LogP contribution in [0.1, 0.15) is 0 Å². The van der Waals surface area contributed by atoms with Gasteiger partial charge >= 0.3 is 0 Å². The number of anilines is 1. The molecule has 0 spiro atoms. The molecule has 0 bridgehead atoms. The zero-order valence-electron chi connectivity index (χ0n) is 11.6. The minimum atomic E-state index is -3.33. The quantitative estimate of drug-likeness (QED) is 0.776. The SMILES string of the molecule is Cn1c(-c2ccc(N)nc2)nc2c(S(C)(=O)=O)cccc21. The summed E-state index contributed by atoms with van der Waals surface area (Å²) in [6, 6.07) is 8.61. The van der Waals surface area contributed by atoms with Crippen molar-refractivity contribution >= 4 is 26.7 Å². The molecule has 0 aliphatic heterocycles. The standard InChI is InChI=1S/C14H14N4O2S/c1-18-10-4-3-5-11(21(2,19)20)13(10)17-14(18)9-6-7-12(15)16-8-9/h3-8H,1-2H3,(H2,15,16). The highest BCUT2D eigenvalue weighted by Crippen LogP contribution is 2.27. The first-order valence-corrected chi connectivity index (χ1v) is 8.14. The molecular formula is C14H14N4O2S. The lowest BCUT2D eigenvalue weighted by Crippen LogP contribution is -1.98. The van der Waals surface area contributed by atoms with E-state index < -0.39 is 9.84 Å². The van der Waals surface area contributed by atoms with E-state index in [1.165, 1.54) is 6.26 Å². The Labute approximate surface area is 122 Å². The molecule has 0 aliphatic carbocycles. The Morgan fingerprint density at radius 1 is 1.19 bits per heavy atom. The largest absolute Gasteiger partial charge is 0.384 e. The Hall–Kier alpha value is -2.41. The average molecular weight is 302 g/mol. The summed E-state index contributed by atoms with van der Waals surface area (Å²) in [5, 5.41) is 0. The van der Waals surface area contributed by atoms with Gasteiger partial charge in [0.15, 0.2) is 9.84 Å². The van der Waals surface area contributed by atoms with Crippen molar-refractivity contribution in [2.45, 2.75) is 4.90 Å². The van der Waals surface area contributed by atoms with E-state index in [1.807, 2.05) is 23.7 Å². The zero-order valence-corrected chi connectivity index (χ0v) is 12.4. The van der Waals surface area contributed by atoms with Gasteiger partial charge in [0, 0.05) is 25.1 Å². The van der Waals surface area contributed by atoms with Crippen LogP contribution in [0.3, 0.4) is 0 Å². The van der Waals surface area contributed by atoms with Crippen molar-refractivity contribution in [2.75, 3.05) is 12.0 Å². The summed E-state index contributed by atoms with van der Waals surface area (Å²) in [5.74, 6) is 1.07. The third-order valence-electron chi connectivity index (χ3n) is 3.32. The van der Waals surface area contributed by atoms with E-state index in [1.54, 1.807) is 24.4 Å². The average Bonchev–Trinajstić information content (AvgIpc) is 2.76. The van der Waals surface area contributed by atoms with Crippen LogP contribution in [-0.4, -0.2) is 29.2 Å². The number of para-hydroxylation sites is 1. The van der Waals surface area contributed by atoms with Gasteiger partial charge in [-0.05, 0) is 24.3 Å². The molecule has 7 heteroatoms. The first kappa shape index (κ1) is 13.6. The highest BCUT2D eigenvalue weighted by atomic mass is 32.2. The summed E-state index contributed by atoms with van der Waals surface area (Å²) >= 11 is 0. The Bertz CT molecular complexity index is 928. The number of sulfone groups is 1. The number of nitrogens with two attached hydrogens (primary N) is 1.